The van der Waals surface area contributed by atoms with Crippen molar-refractivity contribution in [2.75, 3.05) is 6.61 Å². The van der Waals surface area contributed by atoms with Gasteiger partial charge in [0.2, 0.25) is 0 Å². The molecule has 0 aliphatic carbocycles. The maximum atomic E-state index is 11.9. The third-order valence-corrected chi connectivity index (χ3v) is 4.59. The molecule has 0 spiro atoms. The quantitative estimate of drug-likeness (QED) is 0.648. The highest BCUT2D eigenvalue weighted by Gasteiger charge is 2.45. The van der Waals surface area contributed by atoms with Gasteiger partial charge in [0.05, 0.1) is 19.1 Å². The van der Waals surface area contributed by atoms with Gasteiger partial charge in [-0.15, -0.1) is 0 Å². The van der Waals surface area contributed by atoms with Gasteiger partial charge in [-0.05, 0) is 23.8 Å². The Bertz CT molecular complexity index is 543. The molecule has 0 saturated carbocycles. The molecule has 1 aromatic carbocycles. The smallest absolute Gasteiger partial charge is 0.306 e. The molecule has 140 valence electrons. The molecule has 0 radical (unpaired) electrons. The van der Waals surface area contributed by atoms with Gasteiger partial charge < -0.3 is 14.2 Å². The van der Waals surface area contributed by atoms with E-state index < -0.39 is 5.79 Å². The lowest BCUT2D eigenvalue weighted by Gasteiger charge is -2.25. The van der Waals surface area contributed by atoms with E-state index in [9.17, 15) is 4.79 Å². The molecule has 1 heterocycles. The summed E-state index contributed by atoms with van der Waals surface area (Å²) in [7, 11) is 0. The maximum Gasteiger partial charge on any atom is 0.306 e. The standard InChI is InChI=1S/C21H32O4/c1-6-21(7-2)24-17(13-14-23-18(22)15-20(3,4)5)19(25-21)16-11-9-8-10-12-16/h8-12,17,19H,6-7,13-15H2,1-5H3. The summed E-state index contributed by atoms with van der Waals surface area (Å²) in [6.07, 6.45) is 2.43. The van der Waals surface area contributed by atoms with E-state index in [0.717, 1.165) is 18.4 Å². The van der Waals surface area contributed by atoms with Crippen molar-refractivity contribution < 1.29 is 19.0 Å². The summed E-state index contributed by atoms with van der Waals surface area (Å²) in [5.74, 6) is -0.694. The van der Waals surface area contributed by atoms with Crippen LogP contribution in [0.3, 0.4) is 0 Å². The van der Waals surface area contributed by atoms with Crippen LogP contribution in [0.1, 0.15) is 72.0 Å². The summed E-state index contributed by atoms with van der Waals surface area (Å²) in [5, 5.41) is 0. The summed E-state index contributed by atoms with van der Waals surface area (Å²) < 4.78 is 18.0. The molecule has 0 N–H and O–H groups in total. The van der Waals surface area contributed by atoms with Crippen LogP contribution in [0.4, 0.5) is 0 Å². The van der Waals surface area contributed by atoms with E-state index >= 15 is 0 Å². The first kappa shape index (κ1) is 19.9. The highest BCUT2D eigenvalue weighted by atomic mass is 16.8. The molecule has 4 nitrogen and oxygen atoms in total. The van der Waals surface area contributed by atoms with E-state index in [1.807, 2.05) is 39.0 Å². The second-order valence-corrected chi connectivity index (χ2v) is 7.97. The minimum atomic E-state index is -0.541. The van der Waals surface area contributed by atoms with E-state index in [1.54, 1.807) is 0 Å². The Kier molecular flexibility index (Phi) is 6.64. The Morgan fingerprint density at radius 3 is 2.32 bits per heavy atom. The predicted molar refractivity (Wildman–Crippen MR) is 98.1 cm³/mol. The van der Waals surface area contributed by atoms with E-state index in [0.29, 0.717) is 19.4 Å². The lowest BCUT2D eigenvalue weighted by atomic mass is 9.92. The lowest BCUT2D eigenvalue weighted by molar-refractivity contribution is -0.180. The van der Waals surface area contributed by atoms with Gasteiger partial charge in [-0.1, -0.05) is 65.0 Å². The van der Waals surface area contributed by atoms with Crippen molar-refractivity contribution in [2.24, 2.45) is 5.41 Å². The summed E-state index contributed by atoms with van der Waals surface area (Å²) in [6, 6.07) is 10.1. The molecule has 2 unspecified atom stereocenters. The molecular formula is C21H32O4. The van der Waals surface area contributed by atoms with Crippen molar-refractivity contribution in [3.63, 3.8) is 0 Å². The highest BCUT2D eigenvalue weighted by Crippen LogP contribution is 2.43. The third kappa shape index (κ3) is 5.55. The fraction of sp³-hybridized carbons (Fsp3) is 0.667. The van der Waals surface area contributed by atoms with Crippen LogP contribution < -0.4 is 0 Å². The van der Waals surface area contributed by atoms with E-state index in [1.165, 1.54) is 0 Å². The van der Waals surface area contributed by atoms with Gasteiger partial charge in [-0.3, -0.25) is 4.79 Å². The average molecular weight is 348 g/mol. The van der Waals surface area contributed by atoms with Gasteiger partial charge in [0.1, 0.15) is 6.10 Å². The van der Waals surface area contributed by atoms with Gasteiger partial charge in [0.25, 0.3) is 0 Å². The predicted octanol–water partition coefficient (Wildman–Crippen LogP) is 5.03. The molecule has 4 heteroatoms. The number of carbonyl (C=O) groups excluding carboxylic acids is 1. The molecule has 2 rings (SSSR count). The van der Waals surface area contributed by atoms with Crippen molar-refractivity contribution in [2.45, 2.75) is 78.3 Å². The molecule has 1 aliphatic heterocycles. The van der Waals surface area contributed by atoms with Crippen molar-refractivity contribution in [3.05, 3.63) is 35.9 Å². The Balaban J connectivity index is 1.99. The van der Waals surface area contributed by atoms with E-state index in [-0.39, 0.29) is 23.6 Å². The second kappa shape index (κ2) is 8.33. The normalized spacial score (nSPS) is 22.8. The second-order valence-electron chi connectivity index (χ2n) is 7.97. The topological polar surface area (TPSA) is 44.8 Å². The zero-order valence-corrected chi connectivity index (χ0v) is 16.2. The molecule has 25 heavy (non-hydrogen) atoms. The van der Waals surface area contributed by atoms with E-state index in [2.05, 4.69) is 26.0 Å². The first-order valence-corrected chi connectivity index (χ1v) is 9.35. The number of rotatable bonds is 7. The minimum absolute atomic E-state index is 0.0593. The van der Waals surface area contributed by atoms with Crippen LogP contribution in [0, 0.1) is 5.41 Å². The Morgan fingerprint density at radius 1 is 1.12 bits per heavy atom. The van der Waals surface area contributed by atoms with Crippen LogP contribution in [0.25, 0.3) is 0 Å². The number of benzene rings is 1. The summed E-state index contributed by atoms with van der Waals surface area (Å²) in [4.78, 5) is 11.9. The van der Waals surface area contributed by atoms with Gasteiger partial charge in [-0.25, -0.2) is 0 Å². The first-order valence-electron chi connectivity index (χ1n) is 9.35. The molecule has 1 saturated heterocycles. The van der Waals surface area contributed by atoms with Gasteiger partial charge in [0, 0.05) is 6.42 Å². The van der Waals surface area contributed by atoms with Crippen LogP contribution in [0.15, 0.2) is 30.3 Å². The van der Waals surface area contributed by atoms with Crippen LogP contribution in [-0.2, 0) is 19.0 Å². The minimum Gasteiger partial charge on any atom is -0.466 e. The number of hydrogen-bond donors (Lipinski definition) is 0. The number of esters is 1. The SMILES string of the molecule is CCC1(CC)OC(CCOC(=O)CC(C)(C)C)C(c2ccccc2)O1. The molecule has 1 fully saturated rings. The fourth-order valence-corrected chi connectivity index (χ4v) is 3.16. The van der Waals surface area contributed by atoms with Crippen molar-refractivity contribution in [1.82, 2.24) is 0 Å². The van der Waals surface area contributed by atoms with Gasteiger partial charge in [0.15, 0.2) is 5.79 Å². The average Bonchev–Trinajstić information content (AvgIpc) is 2.94. The lowest BCUT2D eigenvalue weighted by Crippen LogP contribution is -2.29. The highest BCUT2D eigenvalue weighted by molar-refractivity contribution is 5.70. The van der Waals surface area contributed by atoms with E-state index in [4.69, 9.17) is 14.2 Å². The molecule has 0 bridgehead atoms. The number of ether oxygens (including phenoxy) is 3. The Morgan fingerprint density at radius 2 is 1.76 bits per heavy atom. The fourth-order valence-electron chi connectivity index (χ4n) is 3.16. The monoisotopic (exact) mass is 348 g/mol. The summed E-state index contributed by atoms with van der Waals surface area (Å²) in [5.41, 5.74) is 1.05. The Labute approximate surface area is 151 Å². The number of hydrogen-bond acceptors (Lipinski definition) is 4. The molecule has 1 aromatic rings. The first-order chi connectivity index (χ1) is 11.8. The van der Waals surface area contributed by atoms with Crippen LogP contribution in [-0.4, -0.2) is 24.5 Å². The van der Waals surface area contributed by atoms with Crippen molar-refractivity contribution >= 4 is 5.97 Å². The van der Waals surface area contributed by atoms with Crippen molar-refractivity contribution in [3.8, 4) is 0 Å². The molecule has 0 aromatic heterocycles. The zero-order valence-electron chi connectivity index (χ0n) is 16.2. The largest absolute Gasteiger partial charge is 0.466 e. The van der Waals surface area contributed by atoms with Crippen LogP contribution in [0.2, 0.25) is 0 Å². The molecule has 2 atom stereocenters. The Hall–Kier alpha value is -1.39. The van der Waals surface area contributed by atoms with Crippen LogP contribution >= 0.6 is 0 Å². The van der Waals surface area contributed by atoms with Crippen LogP contribution in [0.5, 0.6) is 0 Å². The zero-order chi connectivity index (χ0) is 18.5. The summed E-state index contributed by atoms with van der Waals surface area (Å²) >= 11 is 0. The van der Waals surface area contributed by atoms with Gasteiger partial charge in [-0.2, -0.15) is 0 Å². The summed E-state index contributed by atoms with van der Waals surface area (Å²) in [6.45, 7) is 10.6. The molecular weight excluding hydrogens is 316 g/mol. The van der Waals surface area contributed by atoms with Gasteiger partial charge >= 0.3 is 5.97 Å². The maximum absolute atomic E-state index is 11.9. The third-order valence-electron chi connectivity index (χ3n) is 4.59. The van der Waals surface area contributed by atoms with Crippen molar-refractivity contribution in [1.29, 1.82) is 0 Å². The number of carbonyl (C=O) groups is 1. The molecule has 1 aliphatic rings. The molecule has 0 amide bonds.